The lowest BCUT2D eigenvalue weighted by atomic mass is 10.2. The van der Waals surface area contributed by atoms with Crippen LogP contribution in [0.2, 0.25) is 0 Å². The predicted molar refractivity (Wildman–Crippen MR) is 97.1 cm³/mol. The van der Waals surface area contributed by atoms with Crippen LogP contribution >= 0.6 is 0 Å². The van der Waals surface area contributed by atoms with Gasteiger partial charge < -0.3 is 30.2 Å². The van der Waals surface area contributed by atoms with E-state index in [0.29, 0.717) is 0 Å². The second-order valence-electron chi connectivity index (χ2n) is 7.08. The number of aliphatic hydroxyl groups excluding tert-OH is 2. The Bertz CT molecular complexity index is 370. The summed E-state index contributed by atoms with van der Waals surface area (Å²) in [6.07, 6.45) is 6.98. The number of likely N-dealkylation sites (tertiary alicyclic amines) is 2. The van der Waals surface area contributed by atoms with Gasteiger partial charge in [-0.05, 0) is 77.8 Å². The maximum absolute atomic E-state index is 9.77. The Labute approximate surface area is 155 Å². The van der Waals surface area contributed by atoms with Gasteiger partial charge in [-0.25, -0.2) is 9.59 Å². The van der Waals surface area contributed by atoms with E-state index >= 15 is 0 Å². The molecule has 2 fully saturated rings. The lowest BCUT2D eigenvalue weighted by Gasteiger charge is -2.15. The molecule has 0 radical (unpaired) electrons. The van der Waals surface area contributed by atoms with Crippen molar-refractivity contribution in [2.24, 2.45) is 0 Å². The summed E-state index contributed by atoms with van der Waals surface area (Å²) in [5.74, 6) is -3.54. The topological polar surface area (TPSA) is 122 Å². The standard InChI is InChI=1S/C14H28N2.C4H6O6/c1(3-9-15-11-5-6-12-15)2-4-10-16-13-7-8-14-16;5-1(3(7)8)2(6)4(9)10/h1-14H2;1-2,5-6H,(H,7,8)(H,9,10). The first-order valence-corrected chi connectivity index (χ1v) is 9.68. The maximum Gasteiger partial charge on any atom is 0.335 e. The summed E-state index contributed by atoms with van der Waals surface area (Å²) in [5, 5.41) is 32.5. The Morgan fingerprint density at radius 3 is 1.23 bits per heavy atom. The van der Waals surface area contributed by atoms with Gasteiger partial charge >= 0.3 is 11.9 Å². The molecule has 2 unspecified atom stereocenters. The van der Waals surface area contributed by atoms with Gasteiger partial charge in [0.2, 0.25) is 0 Å². The van der Waals surface area contributed by atoms with Gasteiger partial charge in [-0.3, -0.25) is 0 Å². The molecule has 0 aliphatic carbocycles. The number of aliphatic hydroxyl groups is 2. The highest BCUT2D eigenvalue weighted by atomic mass is 16.4. The van der Waals surface area contributed by atoms with Crippen molar-refractivity contribution in [3.63, 3.8) is 0 Å². The van der Waals surface area contributed by atoms with Gasteiger partial charge in [-0.2, -0.15) is 0 Å². The van der Waals surface area contributed by atoms with Gasteiger partial charge in [0, 0.05) is 0 Å². The van der Waals surface area contributed by atoms with E-state index in [9.17, 15) is 9.59 Å². The number of rotatable bonds is 10. The lowest BCUT2D eigenvalue weighted by Crippen LogP contribution is -2.39. The van der Waals surface area contributed by atoms with Crippen LogP contribution in [0, 0.1) is 0 Å². The highest BCUT2D eigenvalue weighted by Gasteiger charge is 2.29. The van der Waals surface area contributed by atoms with Gasteiger partial charge in [0.25, 0.3) is 0 Å². The average Bonchev–Trinajstić information content (AvgIpc) is 3.30. The molecule has 8 heteroatoms. The van der Waals surface area contributed by atoms with Crippen molar-refractivity contribution in [3.8, 4) is 0 Å². The van der Waals surface area contributed by atoms with E-state index in [-0.39, 0.29) is 0 Å². The number of aliphatic carboxylic acids is 2. The van der Waals surface area contributed by atoms with E-state index in [4.69, 9.17) is 20.4 Å². The molecule has 0 spiro atoms. The van der Waals surface area contributed by atoms with E-state index in [1.54, 1.807) is 0 Å². The number of unbranched alkanes of at least 4 members (excludes halogenated alkanes) is 3. The molecule has 0 aromatic heterocycles. The molecule has 2 aliphatic heterocycles. The van der Waals surface area contributed by atoms with Gasteiger partial charge in [0.1, 0.15) is 0 Å². The van der Waals surface area contributed by atoms with Crippen molar-refractivity contribution in [2.45, 2.75) is 63.6 Å². The molecule has 0 aromatic carbocycles. The number of carboxylic acids is 2. The predicted octanol–water partition coefficient (Wildman–Crippen LogP) is 0.616. The summed E-state index contributed by atoms with van der Waals surface area (Å²) >= 11 is 0. The van der Waals surface area contributed by atoms with Crippen LogP contribution in [0.1, 0.15) is 51.4 Å². The van der Waals surface area contributed by atoms with Crippen molar-refractivity contribution in [2.75, 3.05) is 39.3 Å². The van der Waals surface area contributed by atoms with E-state index in [2.05, 4.69) is 9.80 Å². The molecule has 4 N–H and O–H groups in total. The number of carboxylic acid groups (broad SMARTS) is 2. The first-order valence-electron chi connectivity index (χ1n) is 9.68. The van der Waals surface area contributed by atoms with Crippen LogP contribution in [0.15, 0.2) is 0 Å². The molecule has 2 heterocycles. The number of hydrogen-bond acceptors (Lipinski definition) is 6. The molecule has 8 nitrogen and oxygen atoms in total. The number of nitrogens with zero attached hydrogens (tertiary/aromatic N) is 2. The summed E-state index contributed by atoms with van der Waals surface area (Å²) < 4.78 is 0. The van der Waals surface area contributed by atoms with Crippen molar-refractivity contribution in [1.82, 2.24) is 9.80 Å². The Morgan fingerprint density at radius 2 is 0.962 bits per heavy atom. The van der Waals surface area contributed by atoms with Crippen LogP contribution in [0.5, 0.6) is 0 Å². The van der Waals surface area contributed by atoms with Gasteiger partial charge in [0.05, 0.1) is 0 Å². The van der Waals surface area contributed by atoms with E-state index in [1.165, 1.54) is 90.6 Å². The Kier molecular flexibility index (Phi) is 11.4. The Hall–Kier alpha value is -1.22. The van der Waals surface area contributed by atoms with Crippen LogP contribution in [0.25, 0.3) is 0 Å². The average molecular weight is 374 g/mol. The summed E-state index contributed by atoms with van der Waals surface area (Å²) in [7, 11) is 0. The van der Waals surface area contributed by atoms with Gasteiger partial charge in [-0.15, -0.1) is 0 Å². The molecule has 152 valence electrons. The smallest absolute Gasteiger partial charge is 0.335 e. The summed E-state index contributed by atoms with van der Waals surface area (Å²) in [6, 6.07) is 0. The minimum Gasteiger partial charge on any atom is -0.479 e. The molecule has 2 atom stereocenters. The Balaban J connectivity index is 0.000000294. The SMILES string of the molecule is C(CCCN1CCCC1)CCN1CCCC1.O=C(O)C(O)C(O)C(=O)O. The molecule has 2 aliphatic rings. The van der Waals surface area contributed by atoms with Crippen LogP contribution in [0.3, 0.4) is 0 Å². The van der Waals surface area contributed by atoms with E-state index in [0.717, 1.165) is 0 Å². The van der Waals surface area contributed by atoms with Crippen molar-refractivity contribution in [3.05, 3.63) is 0 Å². The maximum atomic E-state index is 9.77. The minimum absolute atomic E-state index is 1.36. The zero-order chi connectivity index (χ0) is 19.4. The fourth-order valence-corrected chi connectivity index (χ4v) is 3.31. The molecule has 0 bridgehead atoms. The fraction of sp³-hybridized carbons (Fsp3) is 0.889. The second-order valence-corrected chi connectivity index (χ2v) is 7.08. The molecule has 0 amide bonds. The van der Waals surface area contributed by atoms with Crippen LogP contribution in [-0.4, -0.2) is 93.6 Å². The molecule has 0 aromatic rings. The third-order valence-electron chi connectivity index (χ3n) is 4.90. The highest BCUT2D eigenvalue weighted by molar-refractivity contribution is 5.83. The summed E-state index contributed by atoms with van der Waals surface area (Å²) in [6.45, 7) is 8.20. The van der Waals surface area contributed by atoms with Gasteiger partial charge in [-0.1, -0.05) is 12.8 Å². The lowest BCUT2D eigenvalue weighted by molar-refractivity contribution is -0.165. The monoisotopic (exact) mass is 374 g/mol. The third-order valence-corrected chi connectivity index (χ3v) is 4.90. The fourth-order valence-electron chi connectivity index (χ4n) is 3.31. The normalized spacial score (nSPS) is 20.4. The Morgan fingerprint density at radius 1 is 0.654 bits per heavy atom. The first-order chi connectivity index (χ1) is 12.4. The number of hydrogen-bond donors (Lipinski definition) is 4. The zero-order valence-electron chi connectivity index (χ0n) is 15.6. The summed E-state index contributed by atoms with van der Waals surface area (Å²) in [5.41, 5.74) is 0. The molecule has 26 heavy (non-hydrogen) atoms. The van der Waals surface area contributed by atoms with Crippen LogP contribution in [0.4, 0.5) is 0 Å². The molecular formula is C18H34N2O6. The van der Waals surface area contributed by atoms with E-state index < -0.39 is 24.1 Å². The number of carbonyl (C=O) groups is 2. The highest BCUT2D eigenvalue weighted by Crippen LogP contribution is 2.11. The van der Waals surface area contributed by atoms with Gasteiger partial charge in [0.15, 0.2) is 12.2 Å². The summed E-state index contributed by atoms with van der Waals surface area (Å²) in [4.78, 5) is 24.8. The van der Waals surface area contributed by atoms with Crippen molar-refractivity contribution in [1.29, 1.82) is 0 Å². The largest absolute Gasteiger partial charge is 0.479 e. The van der Waals surface area contributed by atoms with Crippen molar-refractivity contribution < 1.29 is 30.0 Å². The first kappa shape index (κ1) is 22.8. The van der Waals surface area contributed by atoms with Crippen LogP contribution < -0.4 is 0 Å². The zero-order valence-corrected chi connectivity index (χ0v) is 15.6. The molecule has 2 saturated heterocycles. The quantitative estimate of drug-likeness (QED) is 0.411. The molecular weight excluding hydrogens is 340 g/mol. The molecule has 2 rings (SSSR count). The minimum atomic E-state index is -2.27. The third kappa shape index (κ3) is 9.47. The van der Waals surface area contributed by atoms with Crippen LogP contribution in [-0.2, 0) is 9.59 Å². The second kappa shape index (κ2) is 13.0. The van der Waals surface area contributed by atoms with E-state index in [1.807, 2.05) is 0 Å². The molecule has 0 saturated carbocycles. The van der Waals surface area contributed by atoms with Crippen molar-refractivity contribution >= 4 is 11.9 Å².